The van der Waals surface area contributed by atoms with E-state index in [0.717, 1.165) is 29.9 Å². The lowest BCUT2D eigenvalue weighted by atomic mass is 10.1. The Morgan fingerprint density at radius 3 is 2.55 bits per heavy atom. The largest absolute Gasteiger partial charge is 0.497 e. The topological polar surface area (TPSA) is 76.8 Å². The van der Waals surface area contributed by atoms with Crippen molar-refractivity contribution in [3.63, 3.8) is 0 Å². The summed E-state index contributed by atoms with van der Waals surface area (Å²) in [5.74, 6) is 1.89. The van der Waals surface area contributed by atoms with Gasteiger partial charge in [0.25, 0.3) is 5.91 Å². The highest BCUT2D eigenvalue weighted by atomic mass is 16.5. The highest BCUT2D eigenvalue weighted by molar-refractivity contribution is 5.92. The van der Waals surface area contributed by atoms with Crippen LogP contribution in [0.1, 0.15) is 62.5 Å². The molecule has 0 aliphatic rings. The summed E-state index contributed by atoms with van der Waals surface area (Å²) >= 11 is 0. The second kappa shape index (κ2) is 10.9. The van der Waals surface area contributed by atoms with Crippen molar-refractivity contribution in [3.8, 4) is 11.5 Å². The molecule has 7 heteroatoms. The maximum absolute atomic E-state index is 12.3. The van der Waals surface area contributed by atoms with E-state index in [-0.39, 0.29) is 18.0 Å². The Morgan fingerprint density at radius 1 is 1.17 bits per heavy atom. The Balaban J connectivity index is 2.17. The lowest BCUT2D eigenvalue weighted by Gasteiger charge is -2.28. The van der Waals surface area contributed by atoms with Crippen molar-refractivity contribution in [1.82, 2.24) is 15.2 Å². The van der Waals surface area contributed by atoms with Crippen LogP contribution in [-0.4, -0.2) is 42.1 Å². The van der Waals surface area contributed by atoms with Gasteiger partial charge < -0.3 is 19.2 Å². The molecule has 0 bridgehead atoms. The van der Waals surface area contributed by atoms with Crippen LogP contribution >= 0.6 is 0 Å². The summed E-state index contributed by atoms with van der Waals surface area (Å²) in [6, 6.07) is 6.15. The Morgan fingerprint density at radius 2 is 1.93 bits per heavy atom. The van der Waals surface area contributed by atoms with Crippen molar-refractivity contribution < 1.29 is 18.7 Å². The van der Waals surface area contributed by atoms with Crippen molar-refractivity contribution in [2.24, 2.45) is 0 Å². The summed E-state index contributed by atoms with van der Waals surface area (Å²) in [5, 5.41) is 2.91. The standard InChI is InChI=1S/C22H33N3O4/c1-7-15(3)23-22(26)19-14-29-21(24-19)13-25(16(4)8-2)12-17-11-18(27-5)9-10-20(17)28-6/h9-11,14-16H,7-8,12-13H2,1-6H3,(H,23,26)/t15-,16+/m0/s1. The number of nitrogens with one attached hydrogen (secondary N) is 1. The summed E-state index contributed by atoms with van der Waals surface area (Å²) in [6.07, 6.45) is 3.25. The summed E-state index contributed by atoms with van der Waals surface area (Å²) < 4.78 is 16.5. The number of amides is 1. The van der Waals surface area contributed by atoms with Crippen LogP contribution in [0.15, 0.2) is 28.9 Å². The third-order valence-electron chi connectivity index (χ3n) is 5.19. The molecule has 0 saturated carbocycles. The van der Waals surface area contributed by atoms with Crippen molar-refractivity contribution in [3.05, 3.63) is 41.6 Å². The Labute approximate surface area is 173 Å². The molecule has 2 atom stereocenters. The molecule has 7 nitrogen and oxygen atoms in total. The molecule has 0 spiro atoms. The van der Waals surface area contributed by atoms with Gasteiger partial charge in [-0.05, 0) is 44.9 Å². The van der Waals surface area contributed by atoms with Crippen LogP contribution in [0.25, 0.3) is 0 Å². The molecule has 0 radical (unpaired) electrons. The first-order chi connectivity index (χ1) is 13.9. The minimum atomic E-state index is -0.209. The van der Waals surface area contributed by atoms with E-state index >= 15 is 0 Å². The molecule has 2 aromatic rings. The van der Waals surface area contributed by atoms with Crippen LogP contribution in [0.5, 0.6) is 11.5 Å². The zero-order valence-electron chi connectivity index (χ0n) is 18.3. The molecule has 1 heterocycles. The molecule has 0 aliphatic carbocycles. The van der Waals surface area contributed by atoms with Crippen LogP contribution in [-0.2, 0) is 13.1 Å². The quantitative estimate of drug-likeness (QED) is 0.611. The monoisotopic (exact) mass is 403 g/mol. The van der Waals surface area contributed by atoms with Crippen molar-refractivity contribution in [2.45, 2.75) is 65.7 Å². The molecule has 1 aromatic carbocycles. The third-order valence-corrected chi connectivity index (χ3v) is 5.19. The van der Waals surface area contributed by atoms with Gasteiger partial charge in [0.2, 0.25) is 5.89 Å². The number of carbonyl (C=O) groups is 1. The van der Waals surface area contributed by atoms with Crippen LogP contribution in [0.2, 0.25) is 0 Å². The van der Waals surface area contributed by atoms with Gasteiger partial charge in [-0.2, -0.15) is 0 Å². The zero-order valence-corrected chi connectivity index (χ0v) is 18.3. The minimum absolute atomic E-state index is 0.0970. The van der Waals surface area contributed by atoms with E-state index in [1.54, 1.807) is 14.2 Å². The molecular weight excluding hydrogens is 370 g/mol. The van der Waals surface area contributed by atoms with Crippen molar-refractivity contribution in [1.29, 1.82) is 0 Å². The molecular formula is C22H33N3O4. The van der Waals surface area contributed by atoms with Gasteiger partial charge in [0, 0.05) is 24.2 Å². The molecule has 29 heavy (non-hydrogen) atoms. The van der Waals surface area contributed by atoms with E-state index in [1.165, 1.54) is 6.26 Å². The summed E-state index contributed by atoms with van der Waals surface area (Å²) in [6.45, 7) is 9.42. The van der Waals surface area contributed by atoms with E-state index < -0.39 is 0 Å². The van der Waals surface area contributed by atoms with Gasteiger partial charge in [-0.25, -0.2) is 4.98 Å². The number of rotatable bonds is 11. The average molecular weight is 404 g/mol. The minimum Gasteiger partial charge on any atom is -0.497 e. The van der Waals surface area contributed by atoms with Crippen molar-refractivity contribution >= 4 is 5.91 Å². The number of carbonyl (C=O) groups excluding carboxylic acids is 1. The average Bonchev–Trinajstić information content (AvgIpc) is 3.21. The first-order valence-electron chi connectivity index (χ1n) is 10.1. The van der Waals surface area contributed by atoms with Crippen LogP contribution in [0.4, 0.5) is 0 Å². The molecule has 160 valence electrons. The van der Waals surface area contributed by atoms with Gasteiger partial charge in [0.1, 0.15) is 17.8 Å². The van der Waals surface area contributed by atoms with Gasteiger partial charge >= 0.3 is 0 Å². The molecule has 1 N–H and O–H groups in total. The summed E-state index contributed by atoms with van der Waals surface area (Å²) in [5.41, 5.74) is 1.33. The van der Waals surface area contributed by atoms with Gasteiger partial charge in [0.05, 0.1) is 20.8 Å². The van der Waals surface area contributed by atoms with E-state index in [9.17, 15) is 4.79 Å². The zero-order chi connectivity index (χ0) is 21.4. The van der Waals surface area contributed by atoms with Crippen molar-refractivity contribution in [2.75, 3.05) is 14.2 Å². The molecule has 0 unspecified atom stereocenters. The summed E-state index contributed by atoms with van der Waals surface area (Å²) in [7, 11) is 3.31. The Hall–Kier alpha value is -2.54. The third kappa shape index (κ3) is 6.22. The number of hydrogen-bond acceptors (Lipinski definition) is 6. The number of hydrogen-bond donors (Lipinski definition) is 1. The normalized spacial score (nSPS) is 13.2. The lowest BCUT2D eigenvalue weighted by molar-refractivity contribution is 0.0934. The molecule has 2 rings (SSSR count). The summed E-state index contributed by atoms with van der Waals surface area (Å²) in [4.78, 5) is 18.9. The lowest BCUT2D eigenvalue weighted by Crippen LogP contribution is -2.33. The molecule has 1 aromatic heterocycles. The molecule has 0 fully saturated rings. The van der Waals surface area contributed by atoms with E-state index in [2.05, 4.69) is 29.0 Å². The number of nitrogens with zero attached hydrogens (tertiary/aromatic N) is 2. The Bertz CT molecular complexity index is 790. The number of benzene rings is 1. The second-order valence-electron chi connectivity index (χ2n) is 7.25. The number of methoxy groups -OCH3 is 2. The van der Waals surface area contributed by atoms with Gasteiger partial charge in [0.15, 0.2) is 5.69 Å². The van der Waals surface area contributed by atoms with E-state index in [4.69, 9.17) is 13.9 Å². The van der Waals surface area contributed by atoms with E-state index in [1.807, 2.05) is 32.0 Å². The predicted octanol–water partition coefficient (Wildman–Crippen LogP) is 4.02. The number of aromatic nitrogens is 1. The fraction of sp³-hybridized carbons (Fsp3) is 0.545. The highest BCUT2D eigenvalue weighted by Crippen LogP contribution is 2.27. The maximum Gasteiger partial charge on any atom is 0.273 e. The first-order valence-corrected chi connectivity index (χ1v) is 10.1. The first kappa shape index (κ1) is 22.7. The van der Waals surface area contributed by atoms with Gasteiger partial charge in [-0.3, -0.25) is 9.69 Å². The molecule has 1 amide bonds. The fourth-order valence-electron chi connectivity index (χ4n) is 2.91. The van der Waals surface area contributed by atoms with Gasteiger partial charge in [-0.1, -0.05) is 13.8 Å². The predicted molar refractivity (Wildman–Crippen MR) is 112 cm³/mol. The van der Waals surface area contributed by atoms with Crippen LogP contribution < -0.4 is 14.8 Å². The highest BCUT2D eigenvalue weighted by Gasteiger charge is 2.20. The number of oxazole rings is 1. The fourth-order valence-corrected chi connectivity index (χ4v) is 2.91. The smallest absolute Gasteiger partial charge is 0.273 e. The van der Waals surface area contributed by atoms with E-state index in [0.29, 0.717) is 24.7 Å². The SMILES string of the molecule is CC[C@@H](C)N(Cc1nc(C(=O)N[C@@H](C)CC)co1)Cc1cc(OC)ccc1OC. The van der Waals surface area contributed by atoms with Gasteiger partial charge in [-0.15, -0.1) is 0 Å². The van der Waals surface area contributed by atoms with Crippen LogP contribution in [0.3, 0.4) is 0 Å². The molecule has 0 aliphatic heterocycles. The maximum atomic E-state index is 12.3. The number of ether oxygens (including phenoxy) is 2. The second-order valence-corrected chi connectivity index (χ2v) is 7.25. The Kier molecular flexibility index (Phi) is 8.51. The molecule has 0 saturated heterocycles. The van der Waals surface area contributed by atoms with Crippen LogP contribution in [0, 0.1) is 0 Å².